The molecule has 12 heteroatoms. The van der Waals surface area contributed by atoms with Crippen molar-refractivity contribution in [3.63, 3.8) is 0 Å². The van der Waals surface area contributed by atoms with E-state index in [9.17, 15) is 19.8 Å². The maximum Gasteiger partial charge on any atom is 0.354 e. The average Bonchev–Trinajstić information content (AvgIpc) is 2.98. The van der Waals surface area contributed by atoms with E-state index in [-0.39, 0.29) is 72.3 Å². The molecule has 10 nitrogen and oxygen atoms in total. The quantitative estimate of drug-likeness (QED) is 0.326. The molecule has 4 aromatic rings. The third-order valence-electron chi connectivity index (χ3n) is 8.28. The molecule has 4 heterocycles. The lowest BCUT2D eigenvalue weighted by molar-refractivity contribution is -0.126. The standard InChI is InChI=1S/C32H31F2N5O5/c1-5-21(42)37-12-13-38-18(15-37)10-14-44-30-24-29(25(33)23(26(30)34)22-19(40)7-6-8-20(22)41)39(32(43)36-31(24)38)28-17(4)9-11-35-27(28)16(2)3/h5-9,11,16,18,40-41H,1,10,12-15H2,2-4H3. The SMILES string of the molecule is C=CC(=O)N1CCN2c3nc(=O)n(-c4c(C)ccnc4C(C)C)c4c(F)c(-c5c(O)cccc5O)c(F)c(c34)OCCC2C1. The molecule has 0 radical (unpaired) electrons. The number of aromatic nitrogens is 3. The summed E-state index contributed by atoms with van der Waals surface area (Å²) in [5.74, 6) is -4.27. The van der Waals surface area contributed by atoms with Gasteiger partial charge < -0.3 is 24.7 Å². The second kappa shape index (κ2) is 10.9. The second-order valence-corrected chi connectivity index (χ2v) is 11.3. The van der Waals surface area contributed by atoms with Crippen molar-refractivity contribution in [1.82, 2.24) is 19.4 Å². The lowest BCUT2D eigenvalue weighted by Crippen LogP contribution is -2.56. The van der Waals surface area contributed by atoms with Crippen molar-refractivity contribution in [2.45, 2.75) is 39.2 Å². The maximum atomic E-state index is 17.2. The number of carbonyl (C=O) groups excluding carboxylic acids is 1. The third kappa shape index (κ3) is 4.43. The van der Waals surface area contributed by atoms with E-state index in [1.807, 2.05) is 13.8 Å². The Bertz CT molecular complexity index is 1890. The number of anilines is 1. The number of phenols is 2. The van der Waals surface area contributed by atoms with Crippen molar-refractivity contribution in [3.8, 4) is 34.1 Å². The van der Waals surface area contributed by atoms with Crippen molar-refractivity contribution in [3.05, 3.63) is 76.5 Å². The van der Waals surface area contributed by atoms with Crippen LogP contribution in [-0.4, -0.2) is 67.8 Å². The molecule has 0 bridgehead atoms. The largest absolute Gasteiger partial charge is 0.507 e. The van der Waals surface area contributed by atoms with Crippen molar-refractivity contribution < 1.29 is 28.5 Å². The Kier molecular flexibility index (Phi) is 7.22. The van der Waals surface area contributed by atoms with E-state index in [2.05, 4.69) is 16.5 Å². The normalized spacial score (nSPS) is 16.4. The van der Waals surface area contributed by atoms with Gasteiger partial charge >= 0.3 is 5.69 Å². The molecule has 0 saturated carbocycles. The predicted octanol–water partition coefficient (Wildman–Crippen LogP) is 4.55. The molecule has 2 aromatic carbocycles. The van der Waals surface area contributed by atoms with Gasteiger partial charge in [0, 0.05) is 32.3 Å². The molecule has 1 amide bonds. The maximum absolute atomic E-state index is 17.2. The number of carbonyl (C=O) groups is 1. The first-order valence-electron chi connectivity index (χ1n) is 14.3. The first-order chi connectivity index (χ1) is 21.0. The Hall–Kier alpha value is -5.00. The zero-order valence-corrected chi connectivity index (χ0v) is 24.5. The minimum Gasteiger partial charge on any atom is -0.507 e. The number of halogens is 2. The fraction of sp³-hybridized carbons (Fsp3) is 0.312. The zero-order valence-electron chi connectivity index (χ0n) is 24.5. The van der Waals surface area contributed by atoms with Gasteiger partial charge in [0.1, 0.15) is 22.8 Å². The molecule has 228 valence electrons. The lowest BCUT2D eigenvalue weighted by Gasteiger charge is -2.43. The van der Waals surface area contributed by atoms with Crippen LogP contribution < -0.4 is 15.3 Å². The molecule has 1 fully saturated rings. The number of hydrogen-bond acceptors (Lipinski definition) is 8. The number of hydrogen-bond donors (Lipinski definition) is 2. The van der Waals surface area contributed by atoms with Crippen LogP contribution in [0.1, 0.15) is 37.4 Å². The molecule has 2 aromatic heterocycles. The zero-order chi connectivity index (χ0) is 31.4. The van der Waals surface area contributed by atoms with Gasteiger partial charge in [-0.15, -0.1) is 0 Å². The fourth-order valence-corrected chi connectivity index (χ4v) is 6.21. The highest BCUT2D eigenvalue weighted by molar-refractivity contribution is 6.01. The molecule has 6 rings (SSSR count). The molecule has 1 unspecified atom stereocenters. The molecular weight excluding hydrogens is 572 g/mol. The topological polar surface area (TPSA) is 121 Å². The van der Waals surface area contributed by atoms with Crippen molar-refractivity contribution in [2.24, 2.45) is 0 Å². The Morgan fingerprint density at radius 3 is 2.55 bits per heavy atom. The van der Waals surface area contributed by atoms with E-state index in [1.165, 1.54) is 24.3 Å². The molecule has 1 atom stereocenters. The van der Waals surface area contributed by atoms with Crippen LogP contribution >= 0.6 is 0 Å². The van der Waals surface area contributed by atoms with Crippen molar-refractivity contribution in [1.29, 1.82) is 0 Å². The number of fused-ring (bicyclic) bond motifs is 2. The third-order valence-corrected chi connectivity index (χ3v) is 8.28. The molecule has 2 aliphatic rings. The Balaban J connectivity index is 1.77. The minimum atomic E-state index is -1.20. The lowest BCUT2D eigenvalue weighted by atomic mass is 9.97. The van der Waals surface area contributed by atoms with Gasteiger partial charge in [0.25, 0.3) is 0 Å². The minimum absolute atomic E-state index is 0.0110. The number of nitrogens with zero attached hydrogens (tertiary/aromatic N) is 5. The van der Waals surface area contributed by atoms with Crippen molar-refractivity contribution in [2.75, 3.05) is 31.1 Å². The summed E-state index contributed by atoms with van der Waals surface area (Å²) in [4.78, 5) is 38.8. The van der Waals surface area contributed by atoms with E-state index >= 15 is 8.78 Å². The van der Waals surface area contributed by atoms with Gasteiger partial charge in [-0.25, -0.2) is 13.6 Å². The first kappa shape index (κ1) is 29.1. The van der Waals surface area contributed by atoms with Crippen LogP contribution in [0.25, 0.3) is 27.7 Å². The Labute approximate surface area is 251 Å². The number of aromatic hydroxyl groups is 2. The number of rotatable bonds is 4. The highest BCUT2D eigenvalue weighted by Crippen LogP contribution is 2.48. The van der Waals surface area contributed by atoms with E-state index in [0.29, 0.717) is 17.7 Å². The van der Waals surface area contributed by atoms with E-state index in [1.54, 1.807) is 29.0 Å². The molecule has 1 saturated heterocycles. The molecule has 44 heavy (non-hydrogen) atoms. The summed E-state index contributed by atoms with van der Waals surface area (Å²) in [6, 6.07) is 5.04. The van der Waals surface area contributed by atoms with Crippen LogP contribution in [0.3, 0.4) is 0 Å². The number of piperazine rings is 1. The Morgan fingerprint density at radius 1 is 1.14 bits per heavy atom. The van der Waals surface area contributed by atoms with Gasteiger partial charge in [-0.3, -0.25) is 14.3 Å². The summed E-state index contributed by atoms with van der Waals surface area (Å²) < 4.78 is 40.8. The number of aryl methyl sites for hydroxylation is 1. The van der Waals surface area contributed by atoms with E-state index in [0.717, 1.165) is 4.57 Å². The fourth-order valence-electron chi connectivity index (χ4n) is 6.21. The number of ether oxygens (including phenoxy) is 1. The molecular formula is C32H31F2N5O5. The number of benzene rings is 2. The highest BCUT2D eigenvalue weighted by atomic mass is 19.1. The van der Waals surface area contributed by atoms with Gasteiger partial charge in [0.2, 0.25) is 5.91 Å². The van der Waals surface area contributed by atoms with Crippen molar-refractivity contribution >= 4 is 22.6 Å². The van der Waals surface area contributed by atoms with Crippen LogP contribution in [0.4, 0.5) is 14.6 Å². The van der Waals surface area contributed by atoms with E-state index in [4.69, 9.17) is 4.74 Å². The number of phenolic OH excluding ortho intramolecular Hbond substituents is 2. The summed E-state index contributed by atoms with van der Waals surface area (Å²) in [5, 5.41) is 21.3. The van der Waals surface area contributed by atoms with Gasteiger partial charge in [-0.1, -0.05) is 26.5 Å². The van der Waals surface area contributed by atoms with Gasteiger partial charge in [0.05, 0.1) is 40.5 Å². The van der Waals surface area contributed by atoms with Crippen LogP contribution in [0.5, 0.6) is 17.2 Å². The van der Waals surface area contributed by atoms with E-state index < -0.39 is 40.0 Å². The molecule has 0 aliphatic carbocycles. The smallest absolute Gasteiger partial charge is 0.354 e. The van der Waals surface area contributed by atoms with Gasteiger partial charge in [0.15, 0.2) is 17.4 Å². The number of pyridine rings is 1. The predicted molar refractivity (Wildman–Crippen MR) is 161 cm³/mol. The van der Waals surface area contributed by atoms with Gasteiger partial charge in [-0.2, -0.15) is 4.98 Å². The molecule has 2 aliphatic heterocycles. The summed E-state index contributed by atoms with van der Waals surface area (Å²) in [5.41, 5.74) is -1.03. The van der Waals surface area contributed by atoms with Gasteiger partial charge in [-0.05, 0) is 42.7 Å². The molecule has 2 N–H and O–H groups in total. The van der Waals surface area contributed by atoms with Crippen LogP contribution in [0.2, 0.25) is 0 Å². The monoisotopic (exact) mass is 603 g/mol. The molecule has 0 spiro atoms. The summed E-state index contributed by atoms with van der Waals surface area (Å²) in [7, 11) is 0. The number of amides is 1. The Morgan fingerprint density at radius 2 is 1.86 bits per heavy atom. The summed E-state index contributed by atoms with van der Waals surface area (Å²) >= 11 is 0. The summed E-state index contributed by atoms with van der Waals surface area (Å²) in [6.45, 7) is 9.84. The first-order valence-corrected chi connectivity index (χ1v) is 14.3. The van der Waals surface area contributed by atoms with Crippen LogP contribution in [0.15, 0.2) is 47.9 Å². The van der Waals surface area contributed by atoms with Crippen LogP contribution in [-0.2, 0) is 4.79 Å². The summed E-state index contributed by atoms with van der Waals surface area (Å²) in [6.07, 6.45) is 3.15. The second-order valence-electron chi connectivity index (χ2n) is 11.3. The van der Waals surface area contributed by atoms with Crippen LogP contribution in [0, 0.1) is 18.6 Å². The highest BCUT2D eigenvalue weighted by Gasteiger charge is 2.38. The average molecular weight is 604 g/mol.